The third-order valence-electron chi connectivity index (χ3n) is 1.89. The Hall–Kier alpha value is -1.40. The molecule has 0 saturated heterocycles. The maximum Gasteiger partial charge on any atom is 0.135 e. The lowest BCUT2D eigenvalue weighted by atomic mass is 9.92. The normalized spacial score (nSPS) is 10.7. The molecule has 0 aliphatic rings. The number of hydrogen-bond donors (Lipinski definition) is 1. The molecule has 1 rings (SSSR count). The number of hydrogen-bond acceptors (Lipinski definition) is 3. The Morgan fingerprint density at radius 1 is 1.27 bits per heavy atom. The van der Waals surface area contributed by atoms with Crippen LogP contribution in [-0.2, 0) is 5.41 Å². The minimum absolute atomic E-state index is 0.0179. The summed E-state index contributed by atoms with van der Waals surface area (Å²) < 4.78 is 0. The van der Waals surface area contributed by atoms with Gasteiger partial charge in [0.15, 0.2) is 0 Å². The SMILES string of the molecule is CC(C)(C)c1ccc(C#CCCO)nn1. The van der Waals surface area contributed by atoms with Crippen molar-refractivity contribution in [1.29, 1.82) is 0 Å². The van der Waals surface area contributed by atoms with E-state index in [1.807, 2.05) is 12.1 Å². The third-order valence-corrected chi connectivity index (χ3v) is 1.89. The Bertz CT molecular complexity index is 365. The maximum atomic E-state index is 8.56. The highest BCUT2D eigenvalue weighted by molar-refractivity contribution is 5.27. The zero-order chi connectivity index (χ0) is 11.3. The van der Waals surface area contributed by atoms with Crippen molar-refractivity contribution in [2.45, 2.75) is 32.6 Å². The van der Waals surface area contributed by atoms with Crippen LogP contribution in [-0.4, -0.2) is 21.9 Å². The molecule has 0 aromatic carbocycles. The Morgan fingerprint density at radius 3 is 2.47 bits per heavy atom. The summed E-state index contributed by atoms with van der Waals surface area (Å²) in [6, 6.07) is 3.80. The minimum atomic E-state index is 0.0179. The van der Waals surface area contributed by atoms with Crippen molar-refractivity contribution in [3.05, 3.63) is 23.5 Å². The summed E-state index contributed by atoms with van der Waals surface area (Å²) in [7, 11) is 0. The molecule has 3 heteroatoms. The fourth-order valence-electron chi connectivity index (χ4n) is 1.01. The molecule has 0 radical (unpaired) electrons. The van der Waals surface area contributed by atoms with E-state index < -0.39 is 0 Å². The van der Waals surface area contributed by atoms with Gasteiger partial charge in [0.2, 0.25) is 0 Å². The van der Waals surface area contributed by atoms with Crippen LogP contribution in [0.1, 0.15) is 38.6 Å². The Kier molecular flexibility index (Phi) is 3.81. The summed E-state index contributed by atoms with van der Waals surface area (Å²) >= 11 is 0. The van der Waals surface area contributed by atoms with E-state index in [0.717, 1.165) is 5.69 Å². The molecular weight excluding hydrogens is 188 g/mol. The number of aliphatic hydroxyl groups is 1. The van der Waals surface area contributed by atoms with Crippen molar-refractivity contribution in [1.82, 2.24) is 10.2 Å². The average Bonchev–Trinajstić information content (AvgIpc) is 2.18. The van der Waals surface area contributed by atoms with E-state index in [4.69, 9.17) is 5.11 Å². The smallest absolute Gasteiger partial charge is 0.135 e. The van der Waals surface area contributed by atoms with Gasteiger partial charge >= 0.3 is 0 Å². The van der Waals surface area contributed by atoms with Crippen molar-refractivity contribution >= 4 is 0 Å². The molecule has 15 heavy (non-hydrogen) atoms. The number of aromatic nitrogens is 2. The highest BCUT2D eigenvalue weighted by atomic mass is 16.2. The molecule has 0 aliphatic heterocycles. The van der Waals surface area contributed by atoms with Gasteiger partial charge in [-0.3, -0.25) is 0 Å². The first kappa shape index (κ1) is 11.7. The topological polar surface area (TPSA) is 46.0 Å². The molecule has 1 aromatic rings. The van der Waals surface area contributed by atoms with E-state index in [2.05, 4.69) is 42.8 Å². The first-order valence-corrected chi connectivity index (χ1v) is 4.98. The largest absolute Gasteiger partial charge is 0.395 e. The van der Waals surface area contributed by atoms with Gasteiger partial charge in [-0.25, -0.2) is 0 Å². The number of rotatable bonds is 1. The summed E-state index contributed by atoms with van der Waals surface area (Å²) in [6.45, 7) is 6.36. The van der Waals surface area contributed by atoms with Crippen molar-refractivity contribution in [2.24, 2.45) is 0 Å². The molecule has 0 fully saturated rings. The molecule has 1 aromatic heterocycles. The lowest BCUT2D eigenvalue weighted by Crippen LogP contribution is -2.14. The molecule has 0 unspecified atom stereocenters. The number of aliphatic hydroxyl groups excluding tert-OH is 1. The molecule has 0 aliphatic carbocycles. The van der Waals surface area contributed by atoms with Crippen LogP contribution in [0.3, 0.4) is 0 Å². The third kappa shape index (κ3) is 3.69. The fraction of sp³-hybridized carbons (Fsp3) is 0.500. The van der Waals surface area contributed by atoms with Crippen LogP contribution in [0, 0.1) is 11.8 Å². The van der Waals surface area contributed by atoms with Crippen LogP contribution in [0.25, 0.3) is 0 Å². The molecule has 80 valence electrons. The number of nitrogens with zero attached hydrogens (tertiary/aromatic N) is 2. The quantitative estimate of drug-likeness (QED) is 0.705. The molecule has 0 spiro atoms. The van der Waals surface area contributed by atoms with E-state index in [9.17, 15) is 0 Å². The Morgan fingerprint density at radius 2 is 2.00 bits per heavy atom. The lowest BCUT2D eigenvalue weighted by molar-refractivity contribution is 0.305. The van der Waals surface area contributed by atoms with Crippen LogP contribution in [0.5, 0.6) is 0 Å². The van der Waals surface area contributed by atoms with E-state index in [0.29, 0.717) is 12.1 Å². The van der Waals surface area contributed by atoms with Crippen LogP contribution in [0.2, 0.25) is 0 Å². The second kappa shape index (κ2) is 4.90. The summed E-state index contributed by atoms with van der Waals surface area (Å²) in [5, 5.41) is 16.7. The van der Waals surface area contributed by atoms with E-state index in [1.165, 1.54) is 0 Å². The van der Waals surface area contributed by atoms with Gasteiger partial charge in [-0.15, -0.1) is 5.10 Å². The average molecular weight is 204 g/mol. The highest BCUT2D eigenvalue weighted by Gasteiger charge is 2.15. The second-order valence-electron chi connectivity index (χ2n) is 4.33. The molecule has 3 nitrogen and oxygen atoms in total. The molecule has 0 atom stereocenters. The fourth-order valence-corrected chi connectivity index (χ4v) is 1.01. The van der Waals surface area contributed by atoms with Crippen LogP contribution in [0.15, 0.2) is 12.1 Å². The van der Waals surface area contributed by atoms with Gasteiger partial charge in [0, 0.05) is 11.8 Å². The Balaban J connectivity index is 2.79. The van der Waals surface area contributed by atoms with Crippen LogP contribution < -0.4 is 0 Å². The summed E-state index contributed by atoms with van der Waals surface area (Å²) in [5.41, 5.74) is 1.62. The molecular formula is C12H16N2O. The zero-order valence-electron chi connectivity index (χ0n) is 9.41. The predicted octanol–water partition coefficient (Wildman–Crippen LogP) is 1.51. The predicted molar refractivity (Wildman–Crippen MR) is 59.3 cm³/mol. The van der Waals surface area contributed by atoms with Gasteiger partial charge in [-0.1, -0.05) is 26.7 Å². The highest BCUT2D eigenvalue weighted by Crippen LogP contribution is 2.18. The van der Waals surface area contributed by atoms with Gasteiger partial charge in [0.1, 0.15) is 5.69 Å². The van der Waals surface area contributed by atoms with E-state index in [1.54, 1.807) is 0 Å². The molecule has 1 N–H and O–H groups in total. The Labute approximate surface area is 90.6 Å². The first-order chi connectivity index (χ1) is 7.04. The van der Waals surface area contributed by atoms with Gasteiger partial charge in [-0.2, -0.15) is 5.10 Å². The van der Waals surface area contributed by atoms with E-state index >= 15 is 0 Å². The van der Waals surface area contributed by atoms with Crippen molar-refractivity contribution in [2.75, 3.05) is 6.61 Å². The van der Waals surface area contributed by atoms with E-state index in [-0.39, 0.29) is 12.0 Å². The molecule has 0 saturated carbocycles. The minimum Gasteiger partial charge on any atom is -0.395 e. The van der Waals surface area contributed by atoms with Crippen molar-refractivity contribution in [3.8, 4) is 11.8 Å². The molecule has 1 heterocycles. The second-order valence-corrected chi connectivity index (χ2v) is 4.33. The maximum absolute atomic E-state index is 8.56. The standard InChI is InChI=1S/C12H16N2O/c1-12(2,3)11-8-7-10(13-14-11)6-4-5-9-15/h7-8,15H,5,9H2,1-3H3. The van der Waals surface area contributed by atoms with Crippen molar-refractivity contribution in [3.63, 3.8) is 0 Å². The zero-order valence-corrected chi connectivity index (χ0v) is 9.41. The van der Waals surface area contributed by atoms with Crippen LogP contribution >= 0.6 is 0 Å². The summed E-state index contributed by atoms with van der Waals surface area (Å²) in [6.07, 6.45) is 0.475. The van der Waals surface area contributed by atoms with Gasteiger partial charge < -0.3 is 5.11 Å². The lowest BCUT2D eigenvalue weighted by Gasteiger charge is -2.15. The first-order valence-electron chi connectivity index (χ1n) is 4.98. The molecule has 0 amide bonds. The van der Waals surface area contributed by atoms with Crippen LogP contribution in [0.4, 0.5) is 0 Å². The summed E-state index contributed by atoms with van der Waals surface area (Å²) in [4.78, 5) is 0. The van der Waals surface area contributed by atoms with Gasteiger partial charge in [0.05, 0.1) is 12.3 Å². The van der Waals surface area contributed by atoms with Gasteiger partial charge in [0.25, 0.3) is 0 Å². The summed E-state index contributed by atoms with van der Waals surface area (Å²) in [5.74, 6) is 5.65. The van der Waals surface area contributed by atoms with Crippen molar-refractivity contribution < 1.29 is 5.11 Å². The van der Waals surface area contributed by atoms with Gasteiger partial charge in [-0.05, 0) is 18.1 Å². The monoisotopic (exact) mass is 204 g/mol. The molecule has 0 bridgehead atoms.